The van der Waals surface area contributed by atoms with Crippen LogP contribution in [0.4, 0.5) is 9.59 Å². The van der Waals surface area contributed by atoms with E-state index in [2.05, 4.69) is 26.7 Å². The van der Waals surface area contributed by atoms with E-state index in [0.29, 0.717) is 25.9 Å². The lowest BCUT2D eigenvalue weighted by Gasteiger charge is -2.19. The fourth-order valence-electron chi connectivity index (χ4n) is 1.65. The molecule has 0 rings (SSSR count). The molecule has 0 aliphatic heterocycles. The summed E-state index contributed by atoms with van der Waals surface area (Å²) in [6, 6.07) is 0. The number of nitrogens with two attached hydrogens (primary N) is 1. The van der Waals surface area contributed by atoms with Crippen LogP contribution in [-0.4, -0.2) is 67.6 Å². The highest BCUT2D eigenvalue weighted by molar-refractivity contribution is 5.70. The van der Waals surface area contributed by atoms with E-state index >= 15 is 0 Å². The van der Waals surface area contributed by atoms with Crippen molar-refractivity contribution in [2.75, 3.05) is 27.2 Å². The van der Waals surface area contributed by atoms with E-state index in [9.17, 15) is 19.2 Å². The summed E-state index contributed by atoms with van der Waals surface area (Å²) in [5.74, 6) is -1.22. The van der Waals surface area contributed by atoms with Crippen LogP contribution in [0.5, 0.6) is 0 Å². The van der Waals surface area contributed by atoms with Crippen LogP contribution in [0.15, 0.2) is 0 Å². The first-order valence-electron chi connectivity index (χ1n) is 10.3. The summed E-state index contributed by atoms with van der Waals surface area (Å²) in [5, 5.41) is 13.3. The molecule has 33 heavy (non-hydrogen) atoms. The van der Waals surface area contributed by atoms with Crippen molar-refractivity contribution in [2.45, 2.75) is 85.9 Å². The second-order valence-electron chi connectivity index (χ2n) is 8.14. The summed E-state index contributed by atoms with van der Waals surface area (Å²) in [5.41, 5.74) is 5.76. The molecule has 0 aromatic heterocycles. The van der Waals surface area contributed by atoms with Gasteiger partial charge in [0.05, 0.1) is 0 Å². The fourth-order valence-corrected chi connectivity index (χ4v) is 1.65. The van der Waals surface area contributed by atoms with Crippen LogP contribution >= 0.6 is 0 Å². The van der Waals surface area contributed by atoms with E-state index in [-0.39, 0.29) is 26.2 Å². The molecule has 0 atom stereocenters. The third-order valence-electron chi connectivity index (χ3n) is 2.68. The first-order chi connectivity index (χ1) is 14.7. The van der Waals surface area contributed by atoms with Crippen molar-refractivity contribution in [1.29, 1.82) is 0 Å². The predicted molar refractivity (Wildman–Crippen MR) is 127 cm³/mol. The van der Waals surface area contributed by atoms with Crippen LogP contribution in [0, 0.1) is 0 Å². The Morgan fingerprint density at radius 2 is 1.15 bits per heavy atom. The number of ether oxygens (including phenoxy) is 2. The molecular weight excluding hydrogens is 436 g/mol. The SMILES string of the molecule is C.CC(C)(C)OC(=O)NCCCC(=O)O.CN.CNOC(=O)CCCNC(=O)OC(C)(C)C. The normalized spacial score (nSPS) is 9.97. The average molecular weight is 483 g/mol. The van der Waals surface area contributed by atoms with E-state index in [4.69, 9.17) is 14.6 Å². The Bertz CT molecular complexity index is 543. The number of alkyl carbamates (subject to hydrolysis) is 2. The molecule has 6 N–H and O–H groups in total. The van der Waals surface area contributed by atoms with E-state index in [1.165, 1.54) is 14.1 Å². The van der Waals surface area contributed by atoms with Crippen molar-refractivity contribution in [1.82, 2.24) is 16.1 Å². The molecule has 0 aromatic carbocycles. The third kappa shape index (κ3) is 37.1. The molecule has 0 spiro atoms. The Morgan fingerprint density at radius 1 is 0.788 bits per heavy atom. The second kappa shape index (κ2) is 21.3. The maximum atomic E-state index is 11.2. The molecule has 2 amide bonds. The average Bonchev–Trinajstić information content (AvgIpc) is 2.62. The predicted octanol–water partition coefficient (Wildman–Crippen LogP) is 2.56. The highest BCUT2D eigenvalue weighted by atomic mass is 16.7. The van der Waals surface area contributed by atoms with Gasteiger partial charge in [-0.2, -0.15) is 5.48 Å². The molecule has 0 bridgehead atoms. The minimum atomic E-state index is -0.865. The van der Waals surface area contributed by atoms with Gasteiger partial charge in [-0.1, -0.05) is 7.43 Å². The van der Waals surface area contributed by atoms with Gasteiger partial charge in [0.2, 0.25) is 0 Å². The third-order valence-corrected chi connectivity index (χ3v) is 2.68. The molecule has 0 aromatic rings. The summed E-state index contributed by atoms with van der Waals surface area (Å²) < 4.78 is 9.96. The summed E-state index contributed by atoms with van der Waals surface area (Å²) >= 11 is 0. The molecule has 198 valence electrons. The summed E-state index contributed by atoms with van der Waals surface area (Å²) in [7, 11) is 3.01. The highest BCUT2D eigenvalue weighted by Gasteiger charge is 2.16. The lowest BCUT2D eigenvalue weighted by atomic mass is 10.2. The van der Waals surface area contributed by atoms with E-state index in [1.807, 2.05) is 0 Å². The lowest BCUT2D eigenvalue weighted by molar-refractivity contribution is -0.150. The Hall–Kier alpha value is -2.60. The maximum Gasteiger partial charge on any atom is 0.407 e. The molecule has 0 radical (unpaired) electrons. The molecule has 12 nitrogen and oxygen atoms in total. The monoisotopic (exact) mass is 482 g/mol. The van der Waals surface area contributed by atoms with Gasteiger partial charge in [0.15, 0.2) is 0 Å². The van der Waals surface area contributed by atoms with Crippen molar-refractivity contribution in [3.8, 4) is 0 Å². The first-order valence-corrected chi connectivity index (χ1v) is 10.3. The molecule has 12 heteroatoms. The van der Waals surface area contributed by atoms with Gasteiger partial charge >= 0.3 is 24.1 Å². The zero-order valence-electron chi connectivity index (χ0n) is 20.6. The van der Waals surface area contributed by atoms with Crippen LogP contribution in [0.2, 0.25) is 0 Å². The first kappa shape index (κ1) is 37.7. The van der Waals surface area contributed by atoms with Crippen molar-refractivity contribution in [3.63, 3.8) is 0 Å². The molecule has 0 saturated carbocycles. The maximum absolute atomic E-state index is 11.2. The highest BCUT2D eigenvalue weighted by Crippen LogP contribution is 2.07. The molecule has 0 fully saturated rings. The fraction of sp³-hybridized carbons (Fsp3) is 0.810. The zero-order chi connectivity index (χ0) is 25.8. The number of hydroxylamine groups is 1. The summed E-state index contributed by atoms with van der Waals surface area (Å²) in [4.78, 5) is 47.7. The lowest BCUT2D eigenvalue weighted by Crippen LogP contribution is -2.33. The van der Waals surface area contributed by atoms with Crippen molar-refractivity contribution < 1.29 is 38.6 Å². The Kier molecular flexibility index (Phi) is 24.3. The zero-order valence-corrected chi connectivity index (χ0v) is 20.6. The van der Waals surface area contributed by atoms with Gasteiger partial charge in [-0.25, -0.2) is 9.59 Å². The molecular formula is C21H46N4O8. The number of amides is 2. The number of carboxylic acids is 1. The van der Waals surface area contributed by atoms with Crippen LogP contribution in [0.3, 0.4) is 0 Å². The van der Waals surface area contributed by atoms with Gasteiger partial charge in [-0.15, -0.1) is 0 Å². The van der Waals surface area contributed by atoms with Gasteiger partial charge in [0.25, 0.3) is 0 Å². The van der Waals surface area contributed by atoms with Gasteiger partial charge < -0.3 is 35.8 Å². The van der Waals surface area contributed by atoms with Crippen LogP contribution < -0.4 is 21.8 Å². The molecule has 0 aliphatic rings. The van der Waals surface area contributed by atoms with Gasteiger partial charge in [-0.3, -0.25) is 9.59 Å². The Balaban J connectivity index is -0.000000232. The molecule has 0 unspecified atom stereocenters. The Labute approximate surface area is 198 Å². The van der Waals surface area contributed by atoms with Crippen LogP contribution in [0.25, 0.3) is 0 Å². The summed E-state index contributed by atoms with van der Waals surface area (Å²) in [6.45, 7) is 11.4. The summed E-state index contributed by atoms with van der Waals surface area (Å²) in [6.07, 6.45) is 0.234. The number of carboxylic acid groups (broad SMARTS) is 1. The number of carbonyl (C=O) groups excluding carboxylic acids is 3. The topological polar surface area (TPSA) is 178 Å². The number of carbonyl (C=O) groups is 4. The van der Waals surface area contributed by atoms with Crippen molar-refractivity contribution in [3.05, 3.63) is 0 Å². The van der Waals surface area contributed by atoms with Crippen molar-refractivity contribution in [2.24, 2.45) is 5.73 Å². The van der Waals surface area contributed by atoms with Crippen LogP contribution in [0.1, 0.15) is 74.7 Å². The minimum absolute atomic E-state index is 0. The standard InChI is InChI=1S/C10H20N2O4.C9H17NO4.CH5N.CH4/c1-10(2,3)15-9(14)12-7-5-6-8(13)16-11-4;1-9(2,3)14-8(13)10-6-4-5-7(11)12;1-2;/h11H,5-7H2,1-4H3,(H,12,14);4-6H2,1-3H3,(H,10,13)(H,11,12);2H2,1H3;1H4. The second-order valence-corrected chi connectivity index (χ2v) is 8.14. The molecule has 0 heterocycles. The van der Waals surface area contributed by atoms with Crippen molar-refractivity contribution >= 4 is 24.1 Å². The molecule has 0 aliphatic carbocycles. The number of hydrogen-bond donors (Lipinski definition) is 5. The smallest absolute Gasteiger partial charge is 0.407 e. The number of aliphatic carboxylic acids is 1. The Morgan fingerprint density at radius 3 is 1.45 bits per heavy atom. The van der Waals surface area contributed by atoms with Gasteiger partial charge in [-0.05, 0) is 61.4 Å². The van der Waals surface area contributed by atoms with E-state index < -0.39 is 29.4 Å². The quantitative estimate of drug-likeness (QED) is 0.186. The minimum Gasteiger partial charge on any atom is -0.481 e. The number of hydrogen-bond acceptors (Lipinski definition) is 9. The number of rotatable bonds is 9. The largest absolute Gasteiger partial charge is 0.481 e. The number of nitrogens with one attached hydrogen (secondary N) is 3. The van der Waals surface area contributed by atoms with E-state index in [0.717, 1.165) is 0 Å². The van der Waals surface area contributed by atoms with Gasteiger partial charge in [0, 0.05) is 33.0 Å². The van der Waals surface area contributed by atoms with E-state index in [1.54, 1.807) is 41.5 Å². The molecule has 0 saturated heterocycles. The van der Waals surface area contributed by atoms with Gasteiger partial charge in [0.1, 0.15) is 11.2 Å². The van der Waals surface area contributed by atoms with Crippen LogP contribution in [-0.2, 0) is 23.9 Å².